The van der Waals surface area contributed by atoms with Crippen molar-refractivity contribution in [3.8, 4) is 17.2 Å². The molecule has 146 valence electrons. The molecule has 1 aromatic carbocycles. The number of hydrogen-bond donors (Lipinski definition) is 1. The molecule has 7 heteroatoms. The van der Waals surface area contributed by atoms with Crippen molar-refractivity contribution in [2.24, 2.45) is 0 Å². The highest BCUT2D eigenvalue weighted by Gasteiger charge is 2.15. The molecule has 0 atom stereocenters. The topological polar surface area (TPSA) is 73.2 Å². The van der Waals surface area contributed by atoms with E-state index in [4.69, 9.17) is 18.6 Å². The third-order valence-corrected chi connectivity index (χ3v) is 4.44. The molecule has 1 N–H and O–H groups in total. The zero-order valence-electron chi connectivity index (χ0n) is 15.8. The third-order valence-electron chi connectivity index (χ3n) is 4.44. The van der Waals surface area contributed by atoms with Gasteiger partial charge >= 0.3 is 0 Å². The Morgan fingerprint density at radius 2 is 1.96 bits per heavy atom. The average molecular weight is 374 g/mol. The van der Waals surface area contributed by atoms with Gasteiger partial charge in [-0.2, -0.15) is 0 Å². The number of amides is 1. The molecule has 1 aliphatic rings. The molecule has 3 rings (SSSR count). The van der Waals surface area contributed by atoms with E-state index in [-0.39, 0.29) is 19.3 Å². The van der Waals surface area contributed by atoms with Crippen molar-refractivity contribution >= 4 is 5.91 Å². The molecule has 0 spiro atoms. The van der Waals surface area contributed by atoms with Crippen molar-refractivity contribution in [3.05, 3.63) is 41.9 Å². The fourth-order valence-corrected chi connectivity index (χ4v) is 2.83. The fraction of sp³-hybridized carbons (Fsp3) is 0.450. The first kappa shape index (κ1) is 19.1. The minimum Gasteiger partial charge on any atom is -0.486 e. The summed E-state index contributed by atoms with van der Waals surface area (Å²) in [5.74, 6) is 2.70. The van der Waals surface area contributed by atoms with E-state index >= 15 is 0 Å². The molecule has 2 heterocycles. The average Bonchev–Trinajstić information content (AvgIpc) is 3.35. The van der Waals surface area contributed by atoms with Crippen molar-refractivity contribution in [2.45, 2.75) is 26.9 Å². The van der Waals surface area contributed by atoms with Crippen LogP contribution in [0.3, 0.4) is 0 Å². The molecule has 0 bridgehead atoms. The summed E-state index contributed by atoms with van der Waals surface area (Å²) in [7, 11) is 0. The zero-order valence-corrected chi connectivity index (χ0v) is 15.8. The van der Waals surface area contributed by atoms with E-state index in [1.807, 2.05) is 0 Å². The summed E-state index contributed by atoms with van der Waals surface area (Å²) in [5.41, 5.74) is 0. The van der Waals surface area contributed by atoms with E-state index in [0.717, 1.165) is 26.1 Å². The highest BCUT2D eigenvalue weighted by molar-refractivity contribution is 5.91. The largest absolute Gasteiger partial charge is 0.486 e. The third kappa shape index (κ3) is 5.17. The molecule has 1 amide bonds. The first-order chi connectivity index (χ1) is 13.2. The van der Waals surface area contributed by atoms with Crippen LogP contribution in [-0.2, 0) is 6.61 Å². The van der Waals surface area contributed by atoms with Gasteiger partial charge in [0.1, 0.15) is 18.1 Å². The molecule has 1 aliphatic heterocycles. The quantitative estimate of drug-likeness (QED) is 0.645. The van der Waals surface area contributed by atoms with Gasteiger partial charge < -0.3 is 28.8 Å². The van der Waals surface area contributed by atoms with Crippen LogP contribution in [0.15, 0.2) is 34.7 Å². The Kier molecular flexibility index (Phi) is 6.59. The smallest absolute Gasteiger partial charge is 0.286 e. The van der Waals surface area contributed by atoms with Crippen molar-refractivity contribution in [1.29, 1.82) is 0 Å². The lowest BCUT2D eigenvalue weighted by Gasteiger charge is -2.17. The Morgan fingerprint density at radius 1 is 1.15 bits per heavy atom. The molecule has 0 radical (unpaired) electrons. The number of fused-ring (bicyclic) bond motifs is 1. The maximum atomic E-state index is 12.2. The van der Waals surface area contributed by atoms with Crippen LogP contribution in [0.25, 0.3) is 0 Å². The Hall–Kier alpha value is -2.67. The highest BCUT2D eigenvalue weighted by Crippen LogP contribution is 2.35. The van der Waals surface area contributed by atoms with Gasteiger partial charge in [0.15, 0.2) is 17.3 Å². The van der Waals surface area contributed by atoms with Crippen molar-refractivity contribution in [2.75, 3.05) is 33.0 Å². The van der Waals surface area contributed by atoms with Crippen LogP contribution in [-0.4, -0.2) is 43.8 Å². The van der Waals surface area contributed by atoms with Gasteiger partial charge in [0.25, 0.3) is 5.91 Å². The number of benzene rings is 1. The van der Waals surface area contributed by atoms with Crippen molar-refractivity contribution in [1.82, 2.24) is 10.2 Å². The molecular formula is C20H26N2O5. The maximum absolute atomic E-state index is 12.2. The van der Waals surface area contributed by atoms with Crippen molar-refractivity contribution < 1.29 is 23.4 Å². The molecule has 0 saturated carbocycles. The van der Waals surface area contributed by atoms with Crippen LogP contribution in [0.5, 0.6) is 17.2 Å². The Bertz CT molecular complexity index is 755. The van der Waals surface area contributed by atoms with Crippen LogP contribution in [0, 0.1) is 0 Å². The second-order valence-corrected chi connectivity index (χ2v) is 6.21. The summed E-state index contributed by atoms with van der Waals surface area (Å²) >= 11 is 0. The van der Waals surface area contributed by atoms with E-state index in [9.17, 15) is 4.79 Å². The summed E-state index contributed by atoms with van der Waals surface area (Å²) in [6.45, 7) is 8.37. The Morgan fingerprint density at radius 3 is 2.78 bits per heavy atom. The second kappa shape index (κ2) is 9.32. The van der Waals surface area contributed by atoms with Gasteiger partial charge in [0, 0.05) is 12.6 Å². The predicted octanol–water partition coefficient (Wildman–Crippen LogP) is 3.05. The number of nitrogens with one attached hydrogen (secondary N) is 1. The van der Waals surface area contributed by atoms with Crippen LogP contribution in [0.4, 0.5) is 0 Å². The summed E-state index contributed by atoms with van der Waals surface area (Å²) in [6, 6.07) is 8.79. The Labute approximate surface area is 159 Å². The lowest BCUT2D eigenvalue weighted by molar-refractivity contribution is 0.0920. The molecular weight excluding hydrogens is 348 g/mol. The second-order valence-electron chi connectivity index (χ2n) is 6.21. The first-order valence-corrected chi connectivity index (χ1v) is 9.31. The molecule has 0 unspecified atom stereocenters. The van der Waals surface area contributed by atoms with E-state index in [2.05, 4.69) is 24.1 Å². The number of furan rings is 1. The number of carbonyl (C=O) groups is 1. The molecule has 0 fully saturated rings. The van der Waals surface area contributed by atoms with Gasteiger partial charge in [-0.15, -0.1) is 0 Å². The molecule has 2 aromatic rings. The van der Waals surface area contributed by atoms with E-state index in [1.165, 1.54) is 0 Å². The summed E-state index contributed by atoms with van der Waals surface area (Å²) in [5, 5.41) is 2.89. The molecule has 7 nitrogen and oxygen atoms in total. The minimum atomic E-state index is -0.205. The van der Waals surface area contributed by atoms with E-state index < -0.39 is 0 Å². The highest BCUT2D eigenvalue weighted by atomic mass is 16.7. The fourth-order valence-electron chi connectivity index (χ4n) is 2.83. The minimum absolute atomic E-state index is 0.205. The summed E-state index contributed by atoms with van der Waals surface area (Å²) < 4.78 is 21.9. The number of ether oxygens (including phenoxy) is 3. The van der Waals surface area contributed by atoms with Crippen LogP contribution in [0.2, 0.25) is 0 Å². The van der Waals surface area contributed by atoms with E-state index in [1.54, 1.807) is 30.3 Å². The summed E-state index contributed by atoms with van der Waals surface area (Å²) in [4.78, 5) is 14.5. The van der Waals surface area contributed by atoms with Crippen LogP contribution < -0.4 is 19.5 Å². The maximum Gasteiger partial charge on any atom is 0.286 e. The molecule has 1 aromatic heterocycles. The zero-order chi connectivity index (χ0) is 19.1. The summed E-state index contributed by atoms with van der Waals surface area (Å²) in [6.07, 6.45) is 0.911. The number of nitrogens with zero attached hydrogens (tertiary/aromatic N) is 1. The van der Waals surface area contributed by atoms with Gasteiger partial charge in [-0.05, 0) is 50.3 Å². The van der Waals surface area contributed by atoms with Crippen LogP contribution >= 0.6 is 0 Å². The molecule has 0 aliphatic carbocycles. The standard InChI is InChI=1S/C20H26N2O5/c1-3-22(4-2)11-5-10-21-20(23)18-9-7-16(27-18)13-24-15-6-8-17-19(12-15)26-14-25-17/h6-9,12H,3-5,10-11,13-14H2,1-2H3,(H,21,23). The van der Waals surface area contributed by atoms with Gasteiger partial charge in [0.05, 0.1) is 0 Å². The molecule has 0 saturated heterocycles. The van der Waals surface area contributed by atoms with E-state index in [0.29, 0.717) is 35.3 Å². The van der Waals surface area contributed by atoms with Crippen LogP contribution in [0.1, 0.15) is 36.6 Å². The predicted molar refractivity (Wildman–Crippen MR) is 100 cm³/mol. The van der Waals surface area contributed by atoms with Gasteiger partial charge in [-0.1, -0.05) is 13.8 Å². The Balaban J connectivity index is 1.43. The first-order valence-electron chi connectivity index (χ1n) is 9.31. The number of carbonyl (C=O) groups excluding carboxylic acids is 1. The number of rotatable bonds is 10. The van der Waals surface area contributed by atoms with Gasteiger partial charge in [-0.3, -0.25) is 4.79 Å². The van der Waals surface area contributed by atoms with Crippen molar-refractivity contribution in [3.63, 3.8) is 0 Å². The van der Waals surface area contributed by atoms with Gasteiger partial charge in [-0.25, -0.2) is 0 Å². The SMILES string of the molecule is CCN(CC)CCCNC(=O)c1ccc(COc2ccc3c(c2)OCO3)o1. The van der Waals surface area contributed by atoms with Gasteiger partial charge in [0.2, 0.25) is 6.79 Å². The number of hydrogen-bond acceptors (Lipinski definition) is 6. The normalized spacial score (nSPS) is 12.4. The lowest BCUT2D eigenvalue weighted by atomic mass is 10.3. The molecule has 27 heavy (non-hydrogen) atoms. The monoisotopic (exact) mass is 374 g/mol. The lowest BCUT2D eigenvalue weighted by Crippen LogP contribution is -2.29.